The molecule has 142 valence electrons. The minimum atomic E-state index is -0.445. The highest BCUT2D eigenvalue weighted by molar-refractivity contribution is 5.70. The van der Waals surface area contributed by atoms with Crippen LogP contribution in [-0.2, 0) is 4.74 Å². The number of rotatable bonds is 5. The first-order chi connectivity index (χ1) is 12.4. The number of ether oxygens (including phenoxy) is 2. The summed E-state index contributed by atoms with van der Waals surface area (Å²) in [7, 11) is 0. The van der Waals surface area contributed by atoms with E-state index < -0.39 is 5.60 Å². The molecule has 0 bridgehead atoms. The molecule has 1 saturated heterocycles. The Morgan fingerprint density at radius 2 is 2.27 bits per heavy atom. The van der Waals surface area contributed by atoms with Crippen molar-refractivity contribution in [2.24, 2.45) is 5.92 Å². The smallest absolute Gasteiger partial charge is 0.410 e. The Morgan fingerprint density at radius 1 is 1.42 bits per heavy atom. The lowest BCUT2D eigenvalue weighted by Crippen LogP contribution is -2.42. The molecule has 26 heavy (non-hydrogen) atoms. The van der Waals surface area contributed by atoms with E-state index in [1.807, 2.05) is 37.8 Å². The van der Waals surface area contributed by atoms with Gasteiger partial charge in [-0.2, -0.15) is 4.98 Å². The number of aromatic nitrogens is 3. The van der Waals surface area contributed by atoms with Crippen LogP contribution in [0.15, 0.2) is 18.3 Å². The van der Waals surface area contributed by atoms with Gasteiger partial charge in [-0.25, -0.2) is 9.78 Å². The number of pyridine rings is 1. The van der Waals surface area contributed by atoms with E-state index in [1.54, 1.807) is 6.20 Å². The zero-order valence-corrected chi connectivity index (χ0v) is 15.8. The second kappa shape index (κ2) is 7.93. The molecule has 0 radical (unpaired) electrons. The summed E-state index contributed by atoms with van der Waals surface area (Å²) in [6.07, 6.45) is 5.64. The first-order valence-corrected chi connectivity index (χ1v) is 9.32. The number of H-pyrrole nitrogens is 1. The maximum absolute atomic E-state index is 12.2. The zero-order chi connectivity index (χ0) is 18.6. The van der Waals surface area contributed by atoms with Gasteiger partial charge < -0.3 is 19.4 Å². The van der Waals surface area contributed by atoms with Crippen molar-refractivity contribution in [2.75, 3.05) is 19.7 Å². The molecule has 1 unspecified atom stereocenters. The van der Waals surface area contributed by atoms with Gasteiger partial charge in [-0.15, -0.1) is 0 Å². The summed E-state index contributed by atoms with van der Waals surface area (Å²) in [6, 6.07) is 4.30. The van der Waals surface area contributed by atoms with E-state index in [9.17, 15) is 4.79 Å². The van der Waals surface area contributed by atoms with E-state index in [1.165, 1.54) is 0 Å². The lowest BCUT2D eigenvalue weighted by Gasteiger charge is -2.34. The fourth-order valence-corrected chi connectivity index (χ4v) is 3.23. The Kier molecular flexibility index (Phi) is 5.64. The number of imidazole rings is 1. The molecule has 3 rings (SSSR count). The van der Waals surface area contributed by atoms with E-state index in [0.717, 1.165) is 44.3 Å². The first-order valence-electron chi connectivity index (χ1n) is 9.32. The van der Waals surface area contributed by atoms with Gasteiger partial charge >= 0.3 is 6.09 Å². The number of fused-ring (bicyclic) bond motifs is 1. The number of nitrogens with one attached hydrogen (secondary N) is 1. The van der Waals surface area contributed by atoms with E-state index in [0.29, 0.717) is 24.2 Å². The topological polar surface area (TPSA) is 80.3 Å². The van der Waals surface area contributed by atoms with Crippen molar-refractivity contribution >= 4 is 17.3 Å². The van der Waals surface area contributed by atoms with Crippen molar-refractivity contribution in [1.29, 1.82) is 0 Å². The normalized spacial score (nSPS) is 18.1. The molecule has 1 aliphatic heterocycles. The average Bonchev–Trinajstić information content (AvgIpc) is 3.00. The lowest BCUT2D eigenvalue weighted by molar-refractivity contribution is 0.0159. The number of nitrogens with zero attached hydrogens (tertiary/aromatic N) is 3. The van der Waals surface area contributed by atoms with Crippen LogP contribution >= 0.6 is 0 Å². The van der Waals surface area contributed by atoms with Gasteiger partial charge in [0.15, 0.2) is 5.65 Å². The third-order valence-electron chi connectivity index (χ3n) is 4.40. The molecular weight excluding hydrogens is 332 g/mol. The molecule has 1 amide bonds. The van der Waals surface area contributed by atoms with Crippen molar-refractivity contribution in [2.45, 2.75) is 52.1 Å². The molecule has 1 aliphatic rings. The van der Waals surface area contributed by atoms with Crippen LogP contribution in [0.5, 0.6) is 6.01 Å². The van der Waals surface area contributed by atoms with Crippen LogP contribution in [0.1, 0.15) is 46.5 Å². The van der Waals surface area contributed by atoms with E-state index in [-0.39, 0.29) is 6.09 Å². The highest BCUT2D eigenvalue weighted by Crippen LogP contribution is 2.23. The Labute approximate surface area is 154 Å². The Balaban J connectivity index is 1.41. The molecule has 3 heterocycles. The van der Waals surface area contributed by atoms with Crippen LogP contribution < -0.4 is 4.74 Å². The number of carbonyl (C=O) groups excluding carboxylic acids is 1. The number of amides is 1. The monoisotopic (exact) mass is 360 g/mol. The van der Waals surface area contributed by atoms with E-state index in [4.69, 9.17) is 9.47 Å². The summed E-state index contributed by atoms with van der Waals surface area (Å²) >= 11 is 0. The lowest BCUT2D eigenvalue weighted by atomic mass is 9.94. The van der Waals surface area contributed by atoms with Crippen LogP contribution in [0.25, 0.3) is 11.2 Å². The molecule has 2 aromatic heterocycles. The molecular formula is C19H28N4O3. The largest absolute Gasteiger partial charge is 0.465 e. The SMILES string of the molecule is CC(C)(C)OC(=O)N1CCCC(CCCOc2nc3ncccc3[nH]2)C1. The maximum atomic E-state index is 12.2. The third-order valence-corrected chi connectivity index (χ3v) is 4.40. The van der Waals surface area contributed by atoms with Gasteiger partial charge in [0.05, 0.1) is 12.1 Å². The molecule has 1 fully saturated rings. The van der Waals surface area contributed by atoms with Crippen LogP contribution in [0.2, 0.25) is 0 Å². The third kappa shape index (κ3) is 5.09. The summed E-state index contributed by atoms with van der Waals surface area (Å²) in [6.45, 7) is 7.85. The second-order valence-corrected chi connectivity index (χ2v) is 7.84. The number of hydrogen-bond donors (Lipinski definition) is 1. The van der Waals surface area contributed by atoms with Crippen molar-refractivity contribution in [3.05, 3.63) is 18.3 Å². The van der Waals surface area contributed by atoms with Gasteiger partial charge in [0, 0.05) is 19.3 Å². The Hall–Kier alpha value is -2.31. The summed E-state index contributed by atoms with van der Waals surface area (Å²) in [4.78, 5) is 25.7. The molecule has 0 aliphatic carbocycles. The number of hydrogen-bond acceptors (Lipinski definition) is 5. The second-order valence-electron chi connectivity index (χ2n) is 7.84. The molecule has 1 N–H and O–H groups in total. The summed E-state index contributed by atoms with van der Waals surface area (Å²) < 4.78 is 11.2. The summed E-state index contributed by atoms with van der Waals surface area (Å²) in [5.74, 6) is 0.497. The number of likely N-dealkylation sites (tertiary alicyclic amines) is 1. The predicted octanol–water partition coefficient (Wildman–Crippen LogP) is 3.76. The Morgan fingerprint density at radius 3 is 3.04 bits per heavy atom. The van der Waals surface area contributed by atoms with Gasteiger partial charge in [0.2, 0.25) is 0 Å². The summed E-state index contributed by atoms with van der Waals surface area (Å²) in [5.41, 5.74) is 1.10. The highest BCUT2D eigenvalue weighted by Gasteiger charge is 2.27. The van der Waals surface area contributed by atoms with Gasteiger partial charge in [0.1, 0.15) is 5.60 Å². The Bertz CT molecular complexity index is 705. The van der Waals surface area contributed by atoms with Gasteiger partial charge in [0.25, 0.3) is 6.01 Å². The van der Waals surface area contributed by atoms with Crippen LogP contribution in [0.4, 0.5) is 4.79 Å². The quantitative estimate of drug-likeness (QED) is 0.821. The standard InChI is InChI=1S/C19H28N4O3/c1-19(2,3)26-18(24)23-11-5-7-14(13-23)8-6-12-25-17-21-15-9-4-10-20-16(15)22-17/h4,9-10,14H,5-8,11-13H2,1-3H3,(H,20,21,22). The molecule has 7 heteroatoms. The molecule has 0 spiro atoms. The minimum absolute atomic E-state index is 0.201. The van der Waals surface area contributed by atoms with Gasteiger partial charge in [-0.1, -0.05) is 0 Å². The highest BCUT2D eigenvalue weighted by atomic mass is 16.6. The molecule has 0 saturated carbocycles. The fourth-order valence-electron chi connectivity index (χ4n) is 3.23. The molecule has 2 aromatic rings. The summed E-state index contributed by atoms with van der Waals surface area (Å²) in [5, 5.41) is 0. The van der Waals surface area contributed by atoms with Crippen molar-refractivity contribution in [1.82, 2.24) is 19.9 Å². The van der Waals surface area contributed by atoms with Crippen molar-refractivity contribution in [3.63, 3.8) is 0 Å². The molecule has 0 aromatic carbocycles. The predicted molar refractivity (Wildman–Crippen MR) is 99.1 cm³/mol. The number of piperidine rings is 1. The van der Waals surface area contributed by atoms with Crippen LogP contribution in [0, 0.1) is 5.92 Å². The fraction of sp³-hybridized carbons (Fsp3) is 0.632. The molecule has 7 nitrogen and oxygen atoms in total. The van der Waals surface area contributed by atoms with E-state index >= 15 is 0 Å². The molecule has 1 atom stereocenters. The van der Waals surface area contributed by atoms with Crippen molar-refractivity contribution < 1.29 is 14.3 Å². The minimum Gasteiger partial charge on any atom is -0.465 e. The van der Waals surface area contributed by atoms with Crippen molar-refractivity contribution in [3.8, 4) is 6.01 Å². The van der Waals surface area contributed by atoms with Crippen LogP contribution in [-0.4, -0.2) is 51.2 Å². The van der Waals surface area contributed by atoms with Gasteiger partial charge in [-0.3, -0.25) is 0 Å². The van der Waals surface area contributed by atoms with Gasteiger partial charge in [-0.05, 0) is 64.5 Å². The number of aromatic amines is 1. The maximum Gasteiger partial charge on any atom is 0.410 e. The van der Waals surface area contributed by atoms with E-state index in [2.05, 4.69) is 15.0 Å². The number of carbonyl (C=O) groups is 1. The van der Waals surface area contributed by atoms with Crippen LogP contribution in [0.3, 0.4) is 0 Å². The average molecular weight is 360 g/mol. The first kappa shape index (κ1) is 18.5. The zero-order valence-electron chi connectivity index (χ0n) is 15.8.